The minimum absolute atomic E-state index is 0.566. The number of rotatable bonds is 4. The molecular formula is C17H24N4. The Morgan fingerprint density at radius 1 is 1.19 bits per heavy atom. The maximum absolute atomic E-state index is 4.81. The van der Waals surface area contributed by atoms with Gasteiger partial charge in [0.25, 0.3) is 0 Å². The van der Waals surface area contributed by atoms with Crippen molar-refractivity contribution in [1.82, 2.24) is 14.6 Å². The smallest absolute Gasteiger partial charge is 0.157 e. The Balaban J connectivity index is 1.66. The number of anilines is 1. The molecule has 4 heteroatoms. The van der Waals surface area contributed by atoms with Crippen molar-refractivity contribution >= 4 is 11.5 Å². The van der Waals surface area contributed by atoms with Crippen LogP contribution in [0.1, 0.15) is 63.5 Å². The van der Waals surface area contributed by atoms with Crippen LogP contribution in [0.25, 0.3) is 5.65 Å². The normalized spacial score (nSPS) is 21.6. The van der Waals surface area contributed by atoms with Gasteiger partial charge in [-0.3, -0.25) is 0 Å². The molecule has 2 aromatic rings. The average Bonchev–Trinajstić information content (AvgIpc) is 3.25. The topological polar surface area (TPSA) is 42.2 Å². The summed E-state index contributed by atoms with van der Waals surface area (Å²) in [5.41, 5.74) is 2.20. The van der Waals surface area contributed by atoms with Gasteiger partial charge in [0.2, 0.25) is 0 Å². The molecule has 0 aliphatic heterocycles. The highest BCUT2D eigenvalue weighted by Crippen LogP contribution is 2.42. The number of hydrogen-bond donors (Lipinski definition) is 1. The number of nitrogens with zero attached hydrogens (tertiary/aromatic N) is 3. The first kappa shape index (κ1) is 13.1. The Bertz CT molecular complexity index is 623. The predicted molar refractivity (Wildman–Crippen MR) is 84.6 cm³/mol. The molecule has 21 heavy (non-hydrogen) atoms. The Labute approximate surface area is 126 Å². The average molecular weight is 284 g/mol. The molecule has 2 saturated carbocycles. The molecule has 1 atom stereocenters. The first-order chi connectivity index (χ1) is 10.3. The number of fused-ring (bicyclic) bond motifs is 1. The molecule has 2 aromatic heterocycles. The molecule has 4 nitrogen and oxygen atoms in total. The van der Waals surface area contributed by atoms with Gasteiger partial charge in [0.1, 0.15) is 5.82 Å². The van der Waals surface area contributed by atoms with Crippen molar-refractivity contribution in [2.24, 2.45) is 5.92 Å². The van der Waals surface area contributed by atoms with Gasteiger partial charge in [-0.05, 0) is 31.6 Å². The molecule has 0 amide bonds. The Kier molecular flexibility index (Phi) is 3.32. The molecular weight excluding hydrogens is 260 g/mol. The quantitative estimate of drug-likeness (QED) is 0.923. The van der Waals surface area contributed by atoms with Gasteiger partial charge in [0.15, 0.2) is 5.65 Å². The van der Waals surface area contributed by atoms with Gasteiger partial charge in [-0.1, -0.05) is 26.2 Å². The van der Waals surface area contributed by atoms with Crippen molar-refractivity contribution in [3.8, 4) is 0 Å². The Hall–Kier alpha value is -1.58. The Morgan fingerprint density at radius 3 is 2.76 bits per heavy atom. The molecule has 2 aliphatic carbocycles. The van der Waals surface area contributed by atoms with Crippen LogP contribution in [-0.4, -0.2) is 20.6 Å². The summed E-state index contributed by atoms with van der Waals surface area (Å²) in [5, 5.41) is 8.16. The second kappa shape index (κ2) is 5.32. The van der Waals surface area contributed by atoms with E-state index in [9.17, 15) is 0 Å². The molecule has 1 N–H and O–H groups in total. The highest BCUT2D eigenvalue weighted by atomic mass is 15.3. The molecule has 1 unspecified atom stereocenters. The van der Waals surface area contributed by atoms with Gasteiger partial charge in [0.05, 0.1) is 6.20 Å². The zero-order valence-corrected chi connectivity index (χ0v) is 12.8. The van der Waals surface area contributed by atoms with Crippen LogP contribution in [-0.2, 0) is 0 Å². The fourth-order valence-corrected chi connectivity index (χ4v) is 3.56. The third kappa shape index (κ3) is 2.63. The summed E-state index contributed by atoms with van der Waals surface area (Å²) in [7, 11) is 0. The van der Waals surface area contributed by atoms with E-state index in [1.165, 1.54) is 50.6 Å². The van der Waals surface area contributed by atoms with Crippen molar-refractivity contribution < 1.29 is 0 Å². The Morgan fingerprint density at radius 2 is 2.00 bits per heavy atom. The lowest BCUT2D eigenvalue weighted by Crippen LogP contribution is -2.24. The third-order valence-corrected chi connectivity index (χ3v) is 5.13. The zero-order chi connectivity index (χ0) is 14.2. The van der Waals surface area contributed by atoms with Gasteiger partial charge in [-0.2, -0.15) is 9.61 Å². The minimum atomic E-state index is 0.566. The van der Waals surface area contributed by atoms with Crippen LogP contribution in [0.5, 0.6) is 0 Å². The van der Waals surface area contributed by atoms with E-state index in [1.54, 1.807) is 0 Å². The SMILES string of the molecule is CC(c1cc(NC2CCCCC2)n2nccc2n1)C1CC1. The van der Waals surface area contributed by atoms with E-state index in [2.05, 4.69) is 23.4 Å². The van der Waals surface area contributed by atoms with E-state index < -0.39 is 0 Å². The summed E-state index contributed by atoms with van der Waals surface area (Å²) in [6, 6.07) is 4.84. The molecule has 4 rings (SSSR count). The second-order valence-electron chi connectivity index (χ2n) is 6.77. The van der Waals surface area contributed by atoms with Gasteiger partial charge in [0, 0.05) is 29.8 Å². The van der Waals surface area contributed by atoms with Gasteiger partial charge < -0.3 is 5.32 Å². The van der Waals surface area contributed by atoms with Crippen LogP contribution in [0, 0.1) is 5.92 Å². The molecule has 2 fully saturated rings. The van der Waals surface area contributed by atoms with E-state index in [1.807, 2.05) is 16.8 Å². The van der Waals surface area contributed by atoms with Crippen LogP contribution in [0.15, 0.2) is 18.3 Å². The monoisotopic (exact) mass is 284 g/mol. The largest absolute Gasteiger partial charge is 0.367 e. The van der Waals surface area contributed by atoms with Crippen LogP contribution in [0.3, 0.4) is 0 Å². The first-order valence-electron chi connectivity index (χ1n) is 8.42. The summed E-state index contributed by atoms with van der Waals surface area (Å²) in [6.07, 6.45) is 11.2. The summed E-state index contributed by atoms with van der Waals surface area (Å²) < 4.78 is 1.96. The lowest BCUT2D eigenvalue weighted by molar-refractivity contribution is 0.461. The van der Waals surface area contributed by atoms with E-state index in [4.69, 9.17) is 4.98 Å². The van der Waals surface area contributed by atoms with E-state index >= 15 is 0 Å². The highest BCUT2D eigenvalue weighted by molar-refractivity contribution is 5.50. The summed E-state index contributed by atoms with van der Waals surface area (Å²) in [4.78, 5) is 4.81. The third-order valence-electron chi connectivity index (χ3n) is 5.13. The van der Waals surface area contributed by atoms with Crippen LogP contribution in [0.4, 0.5) is 5.82 Å². The fourth-order valence-electron chi connectivity index (χ4n) is 3.56. The zero-order valence-electron chi connectivity index (χ0n) is 12.8. The van der Waals surface area contributed by atoms with Gasteiger partial charge in [-0.25, -0.2) is 4.98 Å². The maximum atomic E-state index is 4.81. The van der Waals surface area contributed by atoms with Crippen LogP contribution >= 0.6 is 0 Å². The lowest BCUT2D eigenvalue weighted by Gasteiger charge is -2.24. The standard InChI is InChI=1S/C17H24N4/c1-12(13-7-8-13)15-11-17(19-14-5-3-2-4-6-14)21-16(20-15)9-10-18-21/h9-14,19H,2-8H2,1H3. The molecule has 0 radical (unpaired) electrons. The number of aromatic nitrogens is 3. The summed E-state index contributed by atoms with van der Waals surface area (Å²) in [5.74, 6) is 2.53. The minimum Gasteiger partial charge on any atom is -0.367 e. The molecule has 2 aliphatic rings. The van der Waals surface area contributed by atoms with Crippen molar-refractivity contribution in [1.29, 1.82) is 0 Å². The van der Waals surface area contributed by atoms with E-state index in [0.29, 0.717) is 12.0 Å². The molecule has 0 aromatic carbocycles. The van der Waals surface area contributed by atoms with Crippen molar-refractivity contribution in [2.45, 2.75) is 63.8 Å². The molecule has 0 spiro atoms. The van der Waals surface area contributed by atoms with Crippen molar-refractivity contribution in [3.63, 3.8) is 0 Å². The summed E-state index contributed by atoms with van der Waals surface area (Å²) >= 11 is 0. The fraction of sp³-hybridized carbons (Fsp3) is 0.647. The molecule has 2 heterocycles. The van der Waals surface area contributed by atoms with Crippen molar-refractivity contribution in [3.05, 3.63) is 24.0 Å². The number of nitrogens with one attached hydrogen (secondary N) is 1. The van der Waals surface area contributed by atoms with Crippen LogP contribution in [0.2, 0.25) is 0 Å². The molecule has 112 valence electrons. The van der Waals surface area contributed by atoms with E-state index in [-0.39, 0.29) is 0 Å². The highest BCUT2D eigenvalue weighted by Gasteiger charge is 2.30. The predicted octanol–water partition coefficient (Wildman–Crippen LogP) is 3.99. The molecule has 0 bridgehead atoms. The summed E-state index contributed by atoms with van der Waals surface area (Å²) in [6.45, 7) is 2.32. The lowest BCUT2D eigenvalue weighted by atomic mass is 9.95. The molecule has 0 saturated heterocycles. The second-order valence-corrected chi connectivity index (χ2v) is 6.77. The van der Waals surface area contributed by atoms with Crippen molar-refractivity contribution in [2.75, 3.05) is 5.32 Å². The van der Waals surface area contributed by atoms with Gasteiger partial charge in [-0.15, -0.1) is 0 Å². The first-order valence-corrected chi connectivity index (χ1v) is 8.42. The van der Waals surface area contributed by atoms with Gasteiger partial charge >= 0.3 is 0 Å². The van der Waals surface area contributed by atoms with Crippen LogP contribution < -0.4 is 5.32 Å². The maximum Gasteiger partial charge on any atom is 0.157 e. The van der Waals surface area contributed by atoms with E-state index in [0.717, 1.165) is 17.4 Å². The number of hydrogen-bond acceptors (Lipinski definition) is 3.